The van der Waals surface area contributed by atoms with Crippen LogP contribution in [0.3, 0.4) is 0 Å². The highest BCUT2D eigenvalue weighted by atomic mass is 19.1. The van der Waals surface area contributed by atoms with Crippen LogP contribution in [0, 0.1) is 29.0 Å². The minimum atomic E-state index is -0.441. The highest BCUT2D eigenvalue weighted by Gasteiger charge is 2.07. The molecular weight excluding hydrogens is 327 g/mol. The smallest absolute Gasteiger partial charge is 0.131 e. The van der Waals surface area contributed by atoms with Gasteiger partial charge in [-0.3, -0.25) is 4.98 Å². The van der Waals surface area contributed by atoms with Gasteiger partial charge in [-0.2, -0.15) is 5.26 Å². The topological polar surface area (TPSA) is 52.8 Å². The van der Waals surface area contributed by atoms with E-state index in [9.17, 15) is 4.39 Å². The summed E-state index contributed by atoms with van der Waals surface area (Å²) < 4.78 is 13.7. The molecule has 0 N–H and O–H groups in total. The Balaban J connectivity index is 2.33. The van der Waals surface area contributed by atoms with Crippen LogP contribution in [-0.2, 0) is 0 Å². The lowest BCUT2D eigenvalue weighted by Crippen LogP contribution is -2.15. The number of anilines is 1. The van der Waals surface area contributed by atoms with Crippen LogP contribution in [-0.4, -0.2) is 17.0 Å². The van der Waals surface area contributed by atoms with Crippen molar-refractivity contribution in [2.45, 2.75) is 20.8 Å². The molecule has 0 radical (unpaired) electrons. The molecule has 26 heavy (non-hydrogen) atoms. The number of halogens is 1. The fourth-order valence-corrected chi connectivity index (χ4v) is 2.14. The SMILES string of the molecule is CC(C)=C(C#Cc1cnccn1)/C=C(/C)N(C)c1cc(F)cc(C#N)c1. The highest BCUT2D eigenvalue weighted by molar-refractivity contribution is 5.57. The largest absolute Gasteiger partial charge is 0.348 e. The summed E-state index contributed by atoms with van der Waals surface area (Å²) in [6.45, 7) is 5.85. The first kappa shape index (κ1) is 18.9. The molecule has 0 atom stereocenters. The second-order valence-corrected chi connectivity index (χ2v) is 5.91. The van der Waals surface area contributed by atoms with E-state index in [1.54, 1.807) is 24.7 Å². The quantitative estimate of drug-likeness (QED) is 0.617. The predicted octanol–water partition coefficient (Wildman–Crippen LogP) is 4.22. The van der Waals surface area contributed by atoms with Gasteiger partial charge in [-0.1, -0.05) is 11.5 Å². The van der Waals surface area contributed by atoms with Crippen molar-refractivity contribution in [3.8, 4) is 17.9 Å². The molecule has 4 nitrogen and oxygen atoms in total. The van der Waals surface area contributed by atoms with Crippen molar-refractivity contribution >= 4 is 5.69 Å². The van der Waals surface area contributed by atoms with Gasteiger partial charge in [-0.25, -0.2) is 9.37 Å². The van der Waals surface area contributed by atoms with Gasteiger partial charge in [0, 0.05) is 36.4 Å². The summed E-state index contributed by atoms with van der Waals surface area (Å²) in [5.74, 6) is 5.65. The maximum atomic E-state index is 13.7. The third-order valence-electron chi connectivity index (χ3n) is 3.71. The van der Waals surface area contributed by atoms with Crippen LogP contribution in [0.2, 0.25) is 0 Å². The zero-order valence-electron chi connectivity index (χ0n) is 15.2. The lowest BCUT2D eigenvalue weighted by molar-refractivity contribution is 0.627. The van der Waals surface area contributed by atoms with Gasteiger partial charge in [0.2, 0.25) is 0 Å². The normalized spacial score (nSPS) is 10.4. The van der Waals surface area contributed by atoms with E-state index in [4.69, 9.17) is 5.26 Å². The van der Waals surface area contributed by atoms with Gasteiger partial charge in [0.15, 0.2) is 0 Å². The predicted molar refractivity (Wildman–Crippen MR) is 101 cm³/mol. The van der Waals surface area contributed by atoms with Crippen LogP contribution in [0.5, 0.6) is 0 Å². The van der Waals surface area contributed by atoms with Crippen molar-refractivity contribution in [2.75, 3.05) is 11.9 Å². The Bertz CT molecular complexity index is 953. The molecule has 1 aromatic heterocycles. The van der Waals surface area contributed by atoms with E-state index in [1.807, 2.05) is 44.9 Å². The van der Waals surface area contributed by atoms with Crippen molar-refractivity contribution in [1.29, 1.82) is 5.26 Å². The fraction of sp³-hybridized carbons (Fsp3) is 0.190. The van der Waals surface area contributed by atoms with Gasteiger partial charge < -0.3 is 4.90 Å². The Morgan fingerprint density at radius 2 is 1.96 bits per heavy atom. The second kappa shape index (κ2) is 8.60. The summed E-state index contributed by atoms with van der Waals surface area (Å²) in [5, 5.41) is 9.02. The summed E-state index contributed by atoms with van der Waals surface area (Å²) in [5.41, 5.74) is 4.23. The molecular formula is C21H19FN4. The molecule has 130 valence electrons. The Hall–Kier alpha value is -3.44. The Morgan fingerprint density at radius 3 is 2.58 bits per heavy atom. The lowest BCUT2D eigenvalue weighted by atomic mass is 10.1. The summed E-state index contributed by atoms with van der Waals surface area (Å²) in [4.78, 5) is 9.95. The first-order chi connectivity index (χ1) is 12.4. The Labute approximate surface area is 153 Å². The van der Waals surface area contributed by atoms with Crippen LogP contribution in [0.1, 0.15) is 32.0 Å². The summed E-state index contributed by atoms with van der Waals surface area (Å²) in [7, 11) is 1.82. The monoisotopic (exact) mass is 346 g/mol. The van der Waals surface area contributed by atoms with Gasteiger partial charge in [0.1, 0.15) is 11.5 Å². The maximum Gasteiger partial charge on any atom is 0.131 e. The second-order valence-electron chi connectivity index (χ2n) is 5.91. The molecule has 1 aromatic carbocycles. The first-order valence-corrected chi connectivity index (χ1v) is 7.99. The van der Waals surface area contributed by atoms with Crippen LogP contribution >= 0.6 is 0 Å². The minimum Gasteiger partial charge on any atom is -0.348 e. The number of nitrogens with zero attached hydrogens (tertiary/aromatic N) is 4. The van der Waals surface area contributed by atoms with Gasteiger partial charge in [0.25, 0.3) is 0 Å². The number of allylic oxidation sites excluding steroid dienone is 4. The molecule has 0 spiro atoms. The number of hydrogen-bond donors (Lipinski definition) is 0. The maximum absolute atomic E-state index is 13.7. The van der Waals surface area contributed by atoms with Crippen molar-refractivity contribution in [3.63, 3.8) is 0 Å². The number of benzene rings is 1. The van der Waals surface area contributed by atoms with Crippen LogP contribution in [0.15, 0.2) is 59.7 Å². The molecule has 0 bridgehead atoms. The van der Waals surface area contributed by atoms with Gasteiger partial charge in [-0.15, -0.1) is 0 Å². The lowest BCUT2D eigenvalue weighted by Gasteiger charge is -2.20. The van der Waals surface area contributed by atoms with Gasteiger partial charge in [0.05, 0.1) is 17.8 Å². The number of nitriles is 1. The van der Waals surface area contributed by atoms with Gasteiger partial charge >= 0.3 is 0 Å². The number of rotatable bonds is 3. The Kier molecular flexibility index (Phi) is 6.25. The van der Waals surface area contributed by atoms with Crippen LogP contribution < -0.4 is 4.90 Å². The zero-order valence-corrected chi connectivity index (χ0v) is 15.2. The fourth-order valence-electron chi connectivity index (χ4n) is 2.14. The third kappa shape index (κ3) is 5.03. The average Bonchev–Trinajstić information content (AvgIpc) is 2.64. The summed E-state index contributed by atoms with van der Waals surface area (Å²) in [6, 6.07) is 6.22. The van der Waals surface area contributed by atoms with Crippen LogP contribution in [0.25, 0.3) is 0 Å². The average molecular weight is 346 g/mol. The molecule has 1 heterocycles. The van der Waals surface area contributed by atoms with E-state index in [0.717, 1.165) is 16.8 Å². The van der Waals surface area contributed by atoms with E-state index in [1.165, 1.54) is 12.1 Å². The van der Waals surface area contributed by atoms with E-state index in [0.29, 0.717) is 11.4 Å². The third-order valence-corrected chi connectivity index (χ3v) is 3.71. The van der Waals surface area contributed by atoms with E-state index < -0.39 is 5.82 Å². The Morgan fingerprint density at radius 1 is 1.19 bits per heavy atom. The standard InChI is InChI=1S/C21H19FN4/c1-15(2)18(5-6-20-14-24-7-8-25-20)9-16(3)26(4)21-11-17(13-23)10-19(22)12-21/h7-12,14H,1-4H3/b16-9-. The van der Waals surface area contributed by atoms with E-state index in [-0.39, 0.29) is 5.56 Å². The van der Waals surface area contributed by atoms with Gasteiger partial charge in [-0.05, 0) is 51.0 Å². The number of aromatic nitrogens is 2. The molecule has 0 amide bonds. The number of hydrogen-bond acceptors (Lipinski definition) is 4. The first-order valence-electron chi connectivity index (χ1n) is 7.99. The van der Waals surface area contributed by atoms with Crippen molar-refractivity contribution in [1.82, 2.24) is 9.97 Å². The molecule has 5 heteroatoms. The van der Waals surface area contributed by atoms with Crippen LogP contribution in [0.4, 0.5) is 10.1 Å². The summed E-state index contributed by atoms with van der Waals surface area (Å²) in [6.07, 6.45) is 6.72. The van der Waals surface area contributed by atoms with Crippen molar-refractivity contribution < 1.29 is 4.39 Å². The minimum absolute atomic E-state index is 0.282. The van der Waals surface area contributed by atoms with Crippen molar-refractivity contribution in [3.05, 3.63) is 76.8 Å². The van der Waals surface area contributed by atoms with Crippen molar-refractivity contribution in [2.24, 2.45) is 0 Å². The molecule has 2 aromatic rings. The van der Waals surface area contributed by atoms with E-state index >= 15 is 0 Å². The zero-order chi connectivity index (χ0) is 19.1. The molecule has 0 fully saturated rings. The molecule has 0 aliphatic carbocycles. The summed E-state index contributed by atoms with van der Waals surface area (Å²) >= 11 is 0. The van der Waals surface area contributed by atoms with E-state index in [2.05, 4.69) is 21.8 Å². The molecule has 0 saturated heterocycles. The molecule has 0 unspecified atom stereocenters. The molecule has 2 rings (SSSR count). The molecule has 0 aliphatic heterocycles. The molecule has 0 aliphatic rings. The molecule has 0 saturated carbocycles. The highest BCUT2D eigenvalue weighted by Crippen LogP contribution is 2.21.